The predicted octanol–water partition coefficient (Wildman–Crippen LogP) is 4.30. The molecule has 0 atom stereocenters. The third-order valence-corrected chi connectivity index (χ3v) is 4.77. The van der Waals surface area contributed by atoms with Gasteiger partial charge in [0.2, 0.25) is 5.91 Å². The first-order valence-corrected chi connectivity index (χ1v) is 8.97. The van der Waals surface area contributed by atoms with E-state index in [2.05, 4.69) is 11.9 Å². The Bertz CT molecular complexity index is 888. The summed E-state index contributed by atoms with van der Waals surface area (Å²) in [5.41, 5.74) is 2.90. The number of halogens is 1. The number of hydrogen-bond acceptors (Lipinski definition) is 2. The van der Waals surface area contributed by atoms with Crippen LogP contribution in [0.5, 0.6) is 0 Å². The lowest BCUT2D eigenvalue weighted by Gasteiger charge is -2.22. The fourth-order valence-electron chi connectivity index (χ4n) is 3.02. The monoisotopic (exact) mass is 355 g/mol. The molecule has 1 aromatic heterocycles. The first kappa shape index (κ1) is 17.5. The van der Waals surface area contributed by atoms with Gasteiger partial charge in [-0.1, -0.05) is 48.9 Å². The molecule has 0 fully saturated rings. The number of hydrogen-bond donors (Lipinski definition) is 0. The molecule has 0 N–H and O–H groups in total. The number of rotatable bonds is 6. The van der Waals surface area contributed by atoms with Crippen molar-refractivity contribution in [2.24, 2.45) is 0 Å². The number of carbonyl (C=O) groups is 1. The zero-order chi connectivity index (χ0) is 17.8. The van der Waals surface area contributed by atoms with Crippen LogP contribution in [0, 0.1) is 0 Å². The van der Waals surface area contributed by atoms with Gasteiger partial charge in [0.25, 0.3) is 0 Å². The van der Waals surface area contributed by atoms with E-state index >= 15 is 0 Å². The summed E-state index contributed by atoms with van der Waals surface area (Å²) < 4.78 is 2.02. The quantitative estimate of drug-likeness (QED) is 0.661. The molecular weight excluding hydrogens is 334 g/mol. The highest BCUT2D eigenvalue weighted by atomic mass is 35.5. The Hall–Kier alpha value is -2.33. The molecule has 3 aromatic rings. The van der Waals surface area contributed by atoms with Crippen molar-refractivity contribution in [3.05, 3.63) is 64.9 Å². The molecule has 0 saturated heterocycles. The molecule has 130 valence electrons. The maximum Gasteiger partial charge on any atom is 0.242 e. The van der Waals surface area contributed by atoms with E-state index in [9.17, 15) is 4.79 Å². The third-order valence-electron chi connectivity index (χ3n) is 4.40. The van der Waals surface area contributed by atoms with Crippen LogP contribution in [-0.2, 0) is 24.3 Å². The summed E-state index contributed by atoms with van der Waals surface area (Å²) in [5, 5.41) is 0.691. The second kappa shape index (κ2) is 7.70. The summed E-state index contributed by atoms with van der Waals surface area (Å²) in [7, 11) is 0. The molecule has 1 heterocycles. The minimum Gasteiger partial charge on any atom is -0.337 e. The summed E-state index contributed by atoms with van der Waals surface area (Å²) in [6.07, 6.45) is 0.790. The van der Waals surface area contributed by atoms with Gasteiger partial charge in [-0.05, 0) is 30.7 Å². The molecule has 3 rings (SSSR count). The lowest BCUT2D eigenvalue weighted by atomic mass is 10.2. The number of carbonyl (C=O) groups excluding carboxylic acids is 1. The van der Waals surface area contributed by atoms with Gasteiger partial charge in [-0.25, -0.2) is 4.98 Å². The highest BCUT2D eigenvalue weighted by molar-refractivity contribution is 6.31. The minimum absolute atomic E-state index is 0.0697. The summed E-state index contributed by atoms with van der Waals surface area (Å²) in [6.45, 7) is 5.49. The topological polar surface area (TPSA) is 38.1 Å². The van der Waals surface area contributed by atoms with Crippen LogP contribution >= 0.6 is 11.6 Å². The molecule has 0 saturated carbocycles. The fraction of sp³-hybridized carbons (Fsp3) is 0.300. The maximum atomic E-state index is 12.9. The van der Waals surface area contributed by atoms with Crippen LogP contribution in [0.3, 0.4) is 0 Å². The number of benzene rings is 2. The van der Waals surface area contributed by atoms with Crippen molar-refractivity contribution < 1.29 is 4.79 Å². The van der Waals surface area contributed by atoms with Crippen molar-refractivity contribution in [2.45, 2.75) is 33.4 Å². The van der Waals surface area contributed by atoms with Crippen LogP contribution in [-0.4, -0.2) is 26.9 Å². The van der Waals surface area contributed by atoms with Gasteiger partial charge in [0.15, 0.2) is 0 Å². The average molecular weight is 356 g/mol. The van der Waals surface area contributed by atoms with E-state index in [4.69, 9.17) is 11.6 Å². The third kappa shape index (κ3) is 3.69. The normalized spacial score (nSPS) is 11.0. The van der Waals surface area contributed by atoms with Gasteiger partial charge in [0, 0.05) is 24.5 Å². The second-order valence-electron chi connectivity index (χ2n) is 5.96. The molecule has 0 bridgehead atoms. The summed E-state index contributed by atoms with van der Waals surface area (Å²) in [4.78, 5) is 19.4. The van der Waals surface area contributed by atoms with Crippen LogP contribution in [0.15, 0.2) is 48.5 Å². The highest BCUT2D eigenvalue weighted by Gasteiger charge is 2.17. The van der Waals surface area contributed by atoms with Crippen LogP contribution in [0.4, 0.5) is 0 Å². The number of aromatic nitrogens is 2. The number of likely N-dealkylation sites (N-methyl/N-ethyl adjacent to an activating group) is 1. The Balaban J connectivity index is 1.84. The molecule has 1 amide bonds. The van der Waals surface area contributed by atoms with E-state index in [0.717, 1.165) is 28.8 Å². The molecule has 4 nitrogen and oxygen atoms in total. The van der Waals surface area contributed by atoms with Crippen molar-refractivity contribution in [1.29, 1.82) is 0 Å². The van der Waals surface area contributed by atoms with Gasteiger partial charge in [-0.15, -0.1) is 0 Å². The van der Waals surface area contributed by atoms with Gasteiger partial charge in [-0.2, -0.15) is 0 Å². The van der Waals surface area contributed by atoms with E-state index in [-0.39, 0.29) is 5.91 Å². The second-order valence-corrected chi connectivity index (χ2v) is 6.36. The van der Waals surface area contributed by atoms with Crippen LogP contribution < -0.4 is 0 Å². The van der Waals surface area contributed by atoms with Gasteiger partial charge in [0.1, 0.15) is 12.4 Å². The van der Waals surface area contributed by atoms with Gasteiger partial charge >= 0.3 is 0 Å². The smallest absolute Gasteiger partial charge is 0.242 e. The minimum atomic E-state index is 0.0697. The molecule has 5 heteroatoms. The molecule has 25 heavy (non-hydrogen) atoms. The first-order valence-electron chi connectivity index (χ1n) is 8.59. The standard InChI is InChI=1S/C20H22ClN3O/c1-3-19-22-17-11-7-8-12-18(17)24(19)14-20(25)23(4-2)13-15-9-5-6-10-16(15)21/h5-12H,3-4,13-14H2,1-2H3. The first-order chi connectivity index (χ1) is 12.1. The lowest BCUT2D eigenvalue weighted by molar-refractivity contribution is -0.132. The molecule has 0 aliphatic carbocycles. The van der Waals surface area contributed by atoms with Crippen LogP contribution in [0.25, 0.3) is 11.0 Å². The molecule has 0 aliphatic rings. The zero-order valence-corrected chi connectivity index (χ0v) is 15.3. The Kier molecular flexibility index (Phi) is 5.39. The number of fused-ring (bicyclic) bond motifs is 1. The molecule has 0 unspecified atom stereocenters. The Morgan fingerprint density at radius 1 is 1.12 bits per heavy atom. The van der Waals surface area contributed by atoms with E-state index < -0.39 is 0 Å². The van der Waals surface area contributed by atoms with E-state index in [1.807, 2.05) is 64.9 Å². The number of nitrogens with zero attached hydrogens (tertiary/aromatic N) is 3. The molecule has 0 radical (unpaired) electrons. The van der Waals surface area contributed by atoms with Crippen LogP contribution in [0.2, 0.25) is 5.02 Å². The SMILES string of the molecule is CCc1nc2ccccc2n1CC(=O)N(CC)Cc1ccccc1Cl. The fourth-order valence-corrected chi connectivity index (χ4v) is 3.21. The Morgan fingerprint density at radius 2 is 1.84 bits per heavy atom. The average Bonchev–Trinajstić information content (AvgIpc) is 2.98. The lowest BCUT2D eigenvalue weighted by Crippen LogP contribution is -2.33. The number of aryl methyl sites for hydroxylation is 1. The van der Waals surface area contributed by atoms with Crippen LogP contribution in [0.1, 0.15) is 25.2 Å². The van der Waals surface area contributed by atoms with Crippen molar-refractivity contribution in [3.8, 4) is 0 Å². The van der Waals surface area contributed by atoms with Gasteiger partial charge in [-0.3, -0.25) is 4.79 Å². The number of para-hydroxylation sites is 2. The molecule has 2 aromatic carbocycles. The van der Waals surface area contributed by atoms with Crippen molar-refractivity contribution >= 4 is 28.5 Å². The van der Waals surface area contributed by atoms with Crippen molar-refractivity contribution in [2.75, 3.05) is 6.54 Å². The largest absolute Gasteiger partial charge is 0.337 e. The Morgan fingerprint density at radius 3 is 2.56 bits per heavy atom. The summed E-state index contributed by atoms with van der Waals surface area (Å²) in [6, 6.07) is 15.6. The van der Waals surface area contributed by atoms with Gasteiger partial charge < -0.3 is 9.47 Å². The highest BCUT2D eigenvalue weighted by Crippen LogP contribution is 2.19. The van der Waals surface area contributed by atoms with E-state index in [0.29, 0.717) is 24.7 Å². The maximum absolute atomic E-state index is 12.9. The van der Waals surface area contributed by atoms with Crippen molar-refractivity contribution in [1.82, 2.24) is 14.5 Å². The molecule has 0 aliphatic heterocycles. The summed E-state index contributed by atoms with van der Waals surface area (Å²) >= 11 is 6.25. The van der Waals surface area contributed by atoms with E-state index in [1.165, 1.54) is 0 Å². The van der Waals surface area contributed by atoms with E-state index in [1.54, 1.807) is 0 Å². The Labute approximate surface area is 153 Å². The van der Waals surface area contributed by atoms with Crippen molar-refractivity contribution in [3.63, 3.8) is 0 Å². The number of amides is 1. The summed E-state index contributed by atoms with van der Waals surface area (Å²) in [5.74, 6) is 1.00. The zero-order valence-electron chi connectivity index (χ0n) is 14.6. The molecular formula is C20H22ClN3O. The molecule has 0 spiro atoms. The predicted molar refractivity (Wildman–Crippen MR) is 102 cm³/mol. The van der Waals surface area contributed by atoms with Gasteiger partial charge in [0.05, 0.1) is 11.0 Å². The number of imidazole rings is 1.